The van der Waals surface area contributed by atoms with Crippen LogP contribution in [0.5, 0.6) is 0 Å². The molecule has 6 heteroatoms. The number of amides is 1. The van der Waals surface area contributed by atoms with Crippen molar-refractivity contribution in [3.63, 3.8) is 0 Å². The standard InChI is InChI=1S/C18H22N4OS/c1-11-16(24-18(20-11)14-5-3-4-8-19-14)17(23)21-15-12(2)22-9-6-13(15)7-10-22/h3-5,8,12-13,15H,6-7,9-10H2,1-2H3,(H,21,23)/t12-,15-/m0/s1. The van der Waals surface area contributed by atoms with Gasteiger partial charge < -0.3 is 5.32 Å². The minimum absolute atomic E-state index is 0.0118. The Labute approximate surface area is 146 Å². The highest BCUT2D eigenvalue weighted by Gasteiger charge is 2.40. The minimum atomic E-state index is 0.0118. The summed E-state index contributed by atoms with van der Waals surface area (Å²) in [5, 5.41) is 4.10. The van der Waals surface area contributed by atoms with Crippen molar-refractivity contribution in [3.8, 4) is 10.7 Å². The van der Waals surface area contributed by atoms with E-state index in [-0.39, 0.29) is 11.9 Å². The van der Waals surface area contributed by atoms with Crippen LogP contribution in [0.1, 0.15) is 35.1 Å². The van der Waals surface area contributed by atoms with Crippen LogP contribution in [-0.2, 0) is 0 Å². The summed E-state index contributed by atoms with van der Waals surface area (Å²) in [4.78, 5) is 24.9. The number of aryl methyl sites for hydroxylation is 1. The van der Waals surface area contributed by atoms with Gasteiger partial charge in [0.1, 0.15) is 9.88 Å². The van der Waals surface area contributed by atoms with Gasteiger partial charge in [0, 0.05) is 18.3 Å². The molecule has 3 aliphatic rings. The third kappa shape index (κ3) is 2.74. The molecule has 1 N–H and O–H groups in total. The number of nitrogens with zero attached hydrogens (tertiary/aromatic N) is 3. The quantitative estimate of drug-likeness (QED) is 0.932. The lowest BCUT2D eigenvalue weighted by atomic mass is 9.79. The molecule has 5 heterocycles. The van der Waals surface area contributed by atoms with Gasteiger partial charge in [-0.25, -0.2) is 4.98 Å². The molecule has 5 rings (SSSR count). The molecule has 3 saturated heterocycles. The summed E-state index contributed by atoms with van der Waals surface area (Å²) in [6.45, 7) is 6.47. The molecule has 5 nitrogen and oxygen atoms in total. The maximum atomic E-state index is 12.8. The Morgan fingerprint density at radius 3 is 2.79 bits per heavy atom. The second-order valence-electron chi connectivity index (χ2n) is 6.76. The van der Waals surface area contributed by atoms with Gasteiger partial charge in [0.15, 0.2) is 0 Å². The Kier molecular flexibility index (Phi) is 4.10. The Balaban J connectivity index is 1.54. The van der Waals surface area contributed by atoms with E-state index in [0.29, 0.717) is 16.8 Å². The molecule has 0 radical (unpaired) electrons. The van der Waals surface area contributed by atoms with Crippen LogP contribution < -0.4 is 5.32 Å². The first kappa shape index (κ1) is 15.7. The van der Waals surface area contributed by atoms with Gasteiger partial charge in [-0.3, -0.25) is 14.7 Å². The van der Waals surface area contributed by atoms with Crippen molar-refractivity contribution in [3.05, 3.63) is 35.0 Å². The van der Waals surface area contributed by atoms with Gasteiger partial charge in [-0.1, -0.05) is 6.07 Å². The maximum absolute atomic E-state index is 12.8. The fraction of sp³-hybridized carbons (Fsp3) is 0.500. The molecule has 0 saturated carbocycles. The van der Waals surface area contributed by atoms with E-state index in [9.17, 15) is 4.79 Å². The van der Waals surface area contributed by atoms with Crippen LogP contribution in [0.2, 0.25) is 0 Å². The largest absolute Gasteiger partial charge is 0.347 e. The van der Waals surface area contributed by atoms with Crippen LogP contribution in [0.25, 0.3) is 10.7 Å². The summed E-state index contributed by atoms with van der Waals surface area (Å²) < 4.78 is 0. The average molecular weight is 342 g/mol. The number of thiazole rings is 1. The van der Waals surface area contributed by atoms with Gasteiger partial charge in [0.2, 0.25) is 0 Å². The molecule has 2 aromatic rings. The zero-order valence-electron chi connectivity index (χ0n) is 14.0. The summed E-state index contributed by atoms with van der Waals surface area (Å²) in [5.41, 5.74) is 1.60. The SMILES string of the molecule is Cc1nc(-c2ccccn2)sc1C(=O)N[C@@H]1C2CCN(CC2)[C@H]1C. The van der Waals surface area contributed by atoms with Crippen LogP contribution in [0.4, 0.5) is 0 Å². The number of rotatable bonds is 3. The van der Waals surface area contributed by atoms with Gasteiger partial charge in [-0.05, 0) is 57.8 Å². The number of carbonyl (C=O) groups is 1. The Morgan fingerprint density at radius 2 is 2.12 bits per heavy atom. The third-order valence-electron chi connectivity index (χ3n) is 5.36. The number of hydrogen-bond acceptors (Lipinski definition) is 5. The predicted molar refractivity (Wildman–Crippen MR) is 95.1 cm³/mol. The van der Waals surface area contributed by atoms with E-state index in [1.54, 1.807) is 6.20 Å². The van der Waals surface area contributed by atoms with Crippen LogP contribution in [0.15, 0.2) is 24.4 Å². The first-order chi connectivity index (χ1) is 11.6. The van der Waals surface area contributed by atoms with Crippen LogP contribution >= 0.6 is 11.3 Å². The maximum Gasteiger partial charge on any atom is 0.263 e. The molecule has 3 aliphatic heterocycles. The molecule has 2 bridgehead atoms. The average Bonchev–Trinajstić information content (AvgIpc) is 3.01. The van der Waals surface area contributed by atoms with Crippen molar-refractivity contribution in [1.82, 2.24) is 20.2 Å². The highest BCUT2D eigenvalue weighted by Crippen LogP contribution is 2.33. The van der Waals surface area contributed by atoms with Gasteiger partial charge in [0.05, 0.1) is 11.4 Å². The molecule has 1 amide bonds. The topological polar surface area (TPSA) is 58.1 Å². The number of fused-ring (bicyclic) bond motifs is 3. The zero-order chi connectivity index (χ0) is 16.7. The summed E-state index contributed by atoms with van der Waals surface area (Å²) >= 11 is 1.43. The normalized spacial score (nSPS) is 28.8. The molecule has 126 valence electrons. The van der Waals surface area contributed by atoms with Crippen LogP contribution in [0.3, 0.4) is 0 Å². The Hall–Kier alpha value is -1.79. The van der Waals surface area contributed by atoms with Crippen molar-refractivity contribution in [1.29, 1.82) is 0 Å². The van der Waals surface area contributed by atoms with Crippen LogP contribution in [-0.4, -0.2) is 45.9 Å². The summed E-state index contributed by atoms with van der Waals surface area (Å²) in [6, 6.07) is 6.42. The molecule has 24 heavy (non-hydrogen) atoms. The molecule has 3 fully saturated rings. The highest BCUT2D eigenvalue weighted by molar-refractivity contribution is 7.17. The van der Waals surface area contributed by atoms with E-state index < -0.39 is 0 Å². The molecule has 2 aromatic heterocycles. The van der Waals surface area contributed by atoms with E-state index in [1.165, 1.54) is 37.3 Å². The lowest BCUT2D eigenvalue weighted by Crippen LogP contribution is -2.62. The summed E-state index contributed by atoms with van der Waals surface area (Å²) in [5.74, 6) is 0.621. The van der Waals surface area contributed by atoms with Gasteiger partial charge in [-0.2, -0.15) is 0 Å². The number of hydrogen-bond donors (Lipinski definition) is 1. The molecule has 0 unspecified atom stereocenters. The lowest BCUT2D eigenvalue weighted by molar-refractivity contribution is 0.0218. The van der Waals surface area contributed by atoms with Gasteiger partial charge >= 0.3 is 0 Å². The van der Waals surface area contributed by atoms with E-state index in [0.717, 1.165) is 16.4 Å². The molecule has 0 aliphatic carbocycles. The fourth-order valence-corrected chi connectivity index (χ4v) is 4.91. The predicted octanol–water partition coefficient (Wildman–Crippen LogP) is 2.73. The van der Waals surface area contributed by atoms with Crippen molar-refractivity contribution < 1.29 is 4.79 Å². The lowest BCUT2D eigenvalue weighted by Gasteiger charge is -2.49. The zero-order valence-corrected chi connectivity index (χ0v) is 14.8. The third-order valence-corrected chi connectivity index (χ3v) is 6.54. The number of carbonyl (C=O) groups excluding carboxylic acids is 1. The molecular weight excluding hydrogens is 320 g/mol. The smallest absolute Gasteiger partial charge is 0.263 e. The minimum Gasteiger partial charge on any atom is -0.347 e. The molecular formula is C18H22N4OS. The Bertz CT molecular complexity index is 735. The van der Waals surface area contributed by atoms with Gasteiger partial charge in [0.25, 0.3) is 5.91 Å². The highest BCUT2D eigenvalue weighted by atomic mass is 32.1. The van der Waals surface area contributed by atoms with Crippen molar-refractivity contribution in [2.75, 3.05) is 13.1 Å². The van der Waals surface area contributed by atoms with Gasteiger partial charge in [-0.15, -0.1) is 11.3 Å². The van der Waals surface area contributed by atoms with Crippen LogP contribution in [0, 0.1) is 12.8 Å². The first-order valence-corrected chi connectivity index (χ1v) is 9.39. The van der Waals surface area contributed by atoms with Crippen molar-refractivity contribution in [2.45, 2.75) is 38.8 Å². The molecule has 2 atom stereocenters. The number of nitrogens with one attached hydrogen (secondary N) is 1. The Morgan fingerprint density at radius 1 is 1.33 bits per heavy atom. The fourth-order valence-electron chi connectivity index (χ4n) is 3.97. The monoisotopic (exact) mass is 342 g/mol. The number of pyridine rings is 1. The second kappa shape index (κ2) is 6.26. The summed E-state index contributed by atoms with van der Waals surface area (Å²) in [6.07, 6.45) is 4.13. The van der Waals surface area contributed by atoms with E-state index >= 15 is 0 Å². The molecule has 0 aromatic carbocycles. The summed E-state index contributed by atoms with van der Waals surface area (Å²) in [7, 11) is 0. The van der Waals surface area contributed by atoms with E-state index in [4.69, 9.17) is 0 Å². The number of aromatic nitrogens is 2. The molecule has 0 spiro atoms. The second-order valence-corrected chi connectivity index (χ2v) is 7.76. The van der Waals surface area contributed by atoms with Crippen molar-refractivity contribution >= 4 is 17.2 Å². The van der Waals surface area contributed by atoms with Crippen molar-refractivity contribution in [2.24, 2.45) is 5.92 Å². The van der Waals surface area contributed by atoms with E-state index in [2.05, 4.69) is 27.1 Å². The van der Waals surface area contributed by atoms with E-state index in [1.807, 2.05) is 25.1 Å². The first-order valence-electron chi connectivity index (χ1n) is 8.57. The number of piperidine rings is 3.